The number of thiophene rings is 1. The Hall–Kier alpha value is -1.67. The number of halogens is 1. The van der Waals surface area contributed by atoms with Crippen LogP contribution >= 0.6 is 23.7 Å². The lowest BCUT2D eigenvalue weighted by atomic mass is 9.73. The van der Waals surface area contributed by atoms with E-state index in [0.29, 0.717) is 26.2 Å². The number of hydrogen-bond acceptors (Lipinski definition) is 5. The van der Waals surface area contributed by atoms with Gasteiger partial charge in [-0.25, -0.2) is 0 Å². The molecule has 0 unspecified atom stereocenters. The van der Waals surface area contributed by atoms with E-state index in [0.717, 1.165) is 18.4 Å². The summed E-state index contributed by atoms with van der Waals surface area (Å²) in [6.45, 7) is 2.00. The molecule has 28 heavy (non-hydrogen) atoms. The highest BCUT2D eigenvalue weighted by Crippen LogP contribution is 2.55. The molecule has 1 spiro atoms. The summed E-state index contributed by atoms with van der Waals surface area (Å²) in [6.07, 6.45) is 1.56. The van der Waals surface area contributed by atoms with E-state index in [-0.39, 0.29) is 42.2 Å². The number of rotatable bonds is 5. The van der Waals surface area contributed by atoms with Gasteiger partial charge in [0.1, 0.15) is 0 Å². The van der Waals surface area contributed by atoms with Gasteiger partial charge < -0.3 is 20.7 Å². The molecule has 3 fully saturated rings. The van der Waals surface area contributed by atoms with Crippen molar-refractivity contribution < 1.29 is 14.3 Å². The quantitative estimate of drug-likeness (QED) is 0.772. The molecule has 3 aliphatic rings. The van der Waals surface area contributed by atoms with E-state index in [1.165, 1.54) is 10.1 Å². The second kappa shape index (κ2) is 7.30. The van der Waals surface area contributed by atoms with Gasteiger partial charge in [-0.15, -0.1) is 23.7 Å². The predicted molar refractivity (Wildman–Crippen MR) is 110 cm³/mol. The van der Waals surface area contributed by atoms with E-state index < -0.39 is 5.60 Å². The zero-order chi connectivity index (χ0) is 18.6. The van der Waals surface area contributed by atoms with E-state index in [9.17, 15) is 9.59 Å². The Labute approximate surface area is 173 Å². The minimum atomic E-state index is -0.478. The Kier molecular flexibility index (Phi) is 5.12. The van der Waals surface area contributed by atoms with Crippen molar-refractivity contribution in [3.05, 3.63) is 35.2 Å². The standard InChI is InChI=1S/C20H23N3O3S.ClH/c21-6-7-23-11-20-5-3-14(26-20)16(17(20)19(23)25)18(24)22-10-12-1-2-15-13(9-12)4-8-27-15;/h1-2,4,8-9,14,16-17H,3,5-7,10-11,21H2,(H,22,24);1H/t14-,16-,17+,20-;/m0./s1. The predicted octanol–water partition coefficient (Wildman–Crippen LogP) is 1.90. The van der Waals surface area contributed by atoms with Crippen molar-refractivity contribution in [2.75, 3.05) is 19.6 Å². The van der Waals surface area contributed by atoms with Gasteiger partial charge in [-0.05, 0) is 47.4 Å². The van der Waals surface area contributed by atoms with Crippen LogP contribution in [0.15, 0.2) is 29.6 Å². The zero-order valence-electron chi connectivity index (χ0n) is 15.4. The number of carbonyl (C=O) groups is 2. The van der Waals surface area contributed by atoms with E-state index in [2.05, 4.69) is 28.9 Å². The molecule has 2 aromatic rings. The van der Waals surface area contributed by atoms with Crippen molar-refractivity contribution in [2.24, 2.45) is 17.6 Å². The lowest BCUT2D eigenvalue weighted by Crippen LogP contribution is -2.45. The molecule has 5 rings (SSSR count). The van der Waals surface area contributed by atoms with Crippen molar-refractivity contribution in [1.82, 2.24) is 10.2 Å². The average Bonchev–Trinajstić information content (AvgIpc) is 3.41. The second-order valence-electron chi connectivity index (χ2n) is 7.82. The summed E-state index contributed by atoms with van der Waals surface area (Å²) in [5, 5.41) is 6.31. The summed E-state index contributed by atoms with van der Waals surface area (Å²) in [5.74, 6) is -0.788. The fourth-order valence-corrected chi connectivity index (χ4v) is 5.89. The molecular weight excluding hydrogens is 398 g/mol. The van der Waals surface area contributed by atoms with Gasteiger partial charge in [0.2, 0.25) is 11.8 Å². The summed E-state index contributed by atoms with van der Waals surface area (Å²) in [6, 6.07) is 8.32. The van der Waals surface area contributed by atoms with Gasteiger partial charge in [-0.3, -0.25) is 9.59 Å². The van der Waals surface area contributed by atoms with Crippen LogP contribution in [-0.4, -0.2) is 48.1 Å². The molecule has 2 amide bonds. The number of likely N-dealkylation sites (tertiary alicyclic amines) is 1. The Morgan fingerprint density at radius 3 is 3.07 bits per heavy atom. The van der Waals surface area contributed by atoms with Gasteiger partial charge in [0.15, 0.2) is 0 Å². The highest BCUT2D eigenvalue weighted by Gasteiger charge is 2.68. The van der Waals surface area contributed by atoms with E-state index >= 15 is 0 Å². The molecule has 8 heteroatoms. The van der Waals surface area contributed by atoms with Crippen molar-refractivity contribution in [3.8, 4) is 0 Å². The third-order valence-corrected chi connectivity index (χ3v) is 7.18. The maximum Gasteiger partial charge on any atom is 0.229 e. The monoisotopic (exact) mass is 421 g/mol. The molecule has 4 heterocycles. The number of fused-ring (bicyclic) bond motifs is 2. The van der Waals surface area contributed by atoms with E-state index in [4.69, 9.17) is 10.5 Å². The summed E-state index contributed by atoms with van der Waals surface area (Å²) in [7, 11) is 0. The Morgan fingerprint density at radius 2 is 2.25 bits per heavy atom. The minimum Gasteiger partial charge on any atom is -0.368 e. The summed E-state index contributed by atoms with van der Waals surface area (Å²) in [5.41, 5.74) is 6.23. The lowest BCUT2D eigenvalue weighted by molar-refractivity contribution is -0.138. The molecule has 3 N–H and O–H groups in total. The van der Waals surface area contributed by atoms with Crippen LogP contribution in [0.1, 0.15) is 18.4 Å². The fraction of sp³-hybridized carbons (Fsp3) is 0.500. The molecule has 3 aliphatic heterocycles. The Bertz CT molecular complexity index is 919. The van der Waals surface area contributed by atoms with Crippen LogP contribution in [0.2, 0.25) is 0 Å². The molecule has 4 atom stereocenters. The number of nitrogens with zero attached hydrogens (tertiary/aromatic N) is 1. The fourth-order valence-electron chi connectivity index (χ4n) is 5.12. The Morgan fingerprint density at radius 1 is 1.39 bits per heavy atom. The van der Waals surface area contributed by atoms with Gasteiger partial charge in [0.25, 0.3) is 0 Å². The van der Waals surface area contributed by atoms with Crippen LogP contribution in [0, 0.1) is 11.8 Å². The van der Waals surface area contributed by atoms with Crippen molar-refractivity contribution in [3.63, 3.8) is 0 Å². The first-order chi connectivity index (χ1) is 13.1. The minimum absolute atomic E-state index is 0. The van der Waals surface area contributed by atoms with Gasteiger partial charge in [-0.1, -0.05) is 6.07 Å². The summed E-state index contributed by atoms with van der Waals surface area (Å²) < 4.78 is 7.44. The largest absolute Gasteiger partial charge is 0.368 e. The number of amides is 2. The molecule has 150 valence electrons. The van der Waals surface area contributed by atoms with Crippen LogP contribution in [0.4, 0.5) is 0 Å². The third kappa shape index (κ3) is 2.92. The molecule has 6 nitrogen and oxygen atoms in total. The topological polar surface area (TPSA) is 84.7 Å². The number of hydrogen-bond donors (Lipinski definition) is 2. The van der Waals surface area contributed by atoms with Gasteiger partial charge in [-0.2, -0.15) is 0 Å². The van der Waals surface area contributed by atoms with Gasteiger partial charge >= 0.3 is 0 Å². The summed E-state index contributed by atoms with van der Waals surface area (Å²) in [4.78, 5) is 27.6. The average molecular weight is 422 g/mol. The van der Waals surface area contributed by atoms with Crippen LogP contribution < -0.4 is 11.1 Å². The number of benzene rings is 1. The highest BCUT2D eigenvalue weighted by molar-refractivity contribution is 7.17. The molecule has 0 saturated carbocycles. The van der Waals surface area contributed by atoms with Crippen LogP contribution in [-0.2, 0) is 20.9 Å². The van der Waals surface area contributed by atoms with E-state index in [1.54, 1.807) is 16.2 Å². The first-order valence-electron chi connectivity index (χ1n) is 9.52. The highest BCUT2D eigenvalue weighted by atomic mass is 35.5. The summed E-state index contributed by atoms with van der Waals surface area (Å²) >= 11 is 1.71. The van der Waals surface area contributed by atoms with Crippen LogP contribution in [0.3, 0.4) is 0 Å². The van der Waals surface area contributed by atoms with Crippen LogP contribution in [0.5, 0.6) is 0 Å². The number of nitrogens with one attached hydrogen (secondary N) is 1. The molecule has 0 aliphatic carbocycles. The van der Waals surface area contributed by atoms with Crippen molar-refractivity contribution in [1.29, 1.82) is 0 Å². The zero-order valence-corrected chi connectivity index (χ0v) is 17.1. The Balaban J connectivity index is 0.00000192. The maximum atomic E-state index is 13.0. The second-order valence-corrected chi connectivity index (χ2v) is 8.77. The molecular formula is C20H24ClN3O3S. The lowest BCUT2D eigenvalue weighted by Gasteiger charge is -2.27. The van der Waals surface area contributed by atoms with E-state index in [1.807, 2.05) is 6.07 Å². The number of ether oxygens (including phenoxy) is 1. The third-order valence-electron chi connectivity index (χ3n) is 6.29. The van der Waals surface area contributed by atoms with Crippen molar-refractivity contribution >= 4 is 45.6 Å². The molecule has 3 saturated heterocycles. The molecule has 0 radical (unpaired) electrons. The first-order valence-corrected chi connectivity index (χ1v) is 10.4. The molecule has 1 aromatic carbocycles. The number of nitrogens with two attached hydrogens (primary N) is 1. The van der Waals surface area contributed by atoms with Gasteiger partial charge in [0.05, 0.1) is 30.1 Å². The first kappa shape index (κ1) is 19.6. The molecule has 1 aromatic heterocycles. The SMILES string of the molecule is Cl.NCCN1C[C@]23CC[C@H](O2)[C@H](C(=O)NCc2ccc4sccc4c2)[C@@H]3C1=O. The van der Waals surface area contributed by atoms with Gasteiger partial charge in [0, 0.05) is 24.3 Å². The molecule has 2 bridgehead atoms. The van der Waals surface area contributed by atoms with Crippen molar-refractivity contribution in [2.45, 2.75) is 31.1 Å². The van der Waals surface area contributed by atoms with Crippen LogP contribution in [0.25, 0.3) is 10.1 Å². The number of carbonyl (C=O) groups excluding carboxylic acids is 2. The smallest absolute Gasteiger partial charge is 0.229 e. The normalized spacial score (nSPS) is 30.5. The maximum absolute atomic E-state index is 13.0.